The summed E-state index contributed by atoms with van der Waals surface area (Å²) < 4.78 is 0. The van der Waals surface area contributed by atoms with Crippen molar-refractivity contribution in [1.82, 2.24) is 0 Å². The van der Waals surface area contributed by atoms with Crippen LogP contribution in [0.5, 0.6) is 0 Å². The van der Waals surface area contributed by atoms with Crippen LogP contribution in [0.1, 0.15) is 11.1 Å². The Bertz CT molecular complexity index is 611. The van der Waals surface area contributed by atoms with Gasteiger partial charge in [-0.05, 0) is 17.2 Å². The van der Waals surface area contributed by atoms with E-state index < -0.39 is 0 Å². The third-order valence-corrected chi connectivity index (χ3v) is 3.52. The fourth-order valence-electron chi connectivity index (χ4n) is 2.41. The Balaban J connectivity index is 1.83. The van der Waals surface area contributed by atoms with Crippen LogP contribution in [0, 0.1) is 0 Å². The second kappa shape index (κ2) is 5.15. The van der Waals surface area contributed by atoms with Crippen molar-refractivity contribution in [2.24, 2.45) is 0 Å². The van der Waals surface area contributed by atoms with Crippen molar-refractivity contribution in [2.45, 2.75) is 6.04 Å². The molecule has 2 aromatic rings. The predicted molar refractivity (Wildman–Crippen MR) is 83.1 cm³/mol. The average molecular weight is 247 g/mol. The SMILES string of the molecule is CN1c2ccccc2C=CC1/C=C/c1ccccc1. The number of hydrogen-bond donors (Lipinski definition) is 0. The molecule has 0 aliphatic carbocycles. The van der Waals surface area contributed by atoms with Gasteiger partial charge in [0.25, 0.3) is 0 Å². The summed E-state index contributed by atoms with van der Waals surface area (Å²) in [6.45, 7) is 0. The summed E-state index contributed by atoms with van der Waals surface area (Å²) in [5.41, 5.74) is 3.81. The van der Waals surface area contributed by atoms with Crippen LogP contribution in [-0.2, 0) is 0 Å². The first-order valence-electron chi connectivity index (χ1n) is 6.58. The number of anilines is 1. The molecule has 2 aromatic carbocycles. The lowest BCUT2D eigenvalue weighted by Gasteiger charge is -2.30. The van der Waals surface area contributed by atoms with Crippen molar-refractivity contribution in [3.63, 3.8) is 0 Å². The zero-order chi connectivity index (χ0) is 13.1. The molecule has 1 heteroatoms. The van der Waals surface area contributed by atoms with E-state index in [9.17, 15) is 0 Å². The molecular weight excluding hydrogens is 230 g/mol. The van der Waals surface area contributed by atoms with Crippen LogP contribution in [0.25, 0.3) is 12.2 Å². The van der Waals surface area contributed by atoms with Gasteiger partial charge in [0.15, 0.2) is 0 Å². The molecule has 1 unspecified atom stereocenters. The van der Waals surface area contributed by atoms with E-state index in [0.29, 0.717) is 6.04 Å². The van der Waals surface area contributed by atoms with Crippen LogP contribution in [0.3, 0.4) is 0 Å². The second-order valence-electron chi connectivity index (χ2n) is 4.79. The minimum absolute atomic E-state index is 0.315. The lowest BCUT2D eigenvalue weighted by molar-refractivity contribution is 0.889. The smallest absolute Gasteiger partial charge is 0.0660 e. The summed E-state index contributed by atoms with van der Waals surface area (Å²) in [7, 11) is 2.14. The van der Waals surface area contributed by atoms with Gasteiger partial charge in [0.1, 0.15) is 0 Å². The normalized spacial score (nSPS) is 17.7. The van der Waals surface area contributed by atoms with Crippen LogP contribution in [0.15, 0.2) is 66.7 Å². The van der Waals surface area contributed by atoms with Crippen molar-refractivity contribution in [3.05, 3.63) is 77.9 Å². The number of rotatable bonds is 2. The number of benzene rings is 2. The first-order valence-corrected chi connectivity index (χ1v) is 6.58. The molecule has 0 N–H and O–H groups in total. The topological polar surface area (TPSA) is 3.24 Å². The van der Waals surface area contributed by atoms with Gasteiger partial charge in [0.2, 0.25) is 0 Å². The summed E-state index contributed by atoms with van der Waals surface area (Å²) in [6.07, 6.45) is 8.86. The average Bonchev–Trinajstić information content (AvgIpc) is 2.48. The molecule has 0 aromatic heterocycles. The van der Waals surface area contributed by atoms with E-state index in [1.807, 2.05) is 6.07 Å². The van der Waals surface area contributed by atoms with Crippen molar-refractivity contribution in [1.29, 1.82) is 0 Å². The zero-order valence-corrected chi connectivity index (χ0v) is 11.0. The summed E-state index contributed by atoms with van der Waals surface area (Å²) in [6, 6.07) is 19.2. The summed E-state index contributed by atoms with van der Waals surface area (Å²) in [4.78, 5) is 2.30. The maximum absolute atomic E-state index is 2.30. The predicted octanol–water partition coefficient (Wildman–Crippen LogP) is 4.23. The Labute approximate surface area is 114 Å². The quantitative estimate of drug-likeness (QED) is 0.767. The lowest BCUT2D eigenvalue weighted by atomic mass is 10.0. The van der Waals surface area contributed by atoms with Gasteiger partial charge in [0, 0.05) is 12.7 Å². The molecule has 19 heavy (non-hydrogen) atoms. The Morgan fingerprint density at radius 2 is 1.68 bits per heavy atom. The van der Waals surface area contributed by atoms with E-state index in [4.69, 9.17) is 0 Å². The highest BCUT2D eigenvalue weighted by Crippen LogP contribution is 2.27. The van der Waals surface area contributed by atoms with E-state index in [-0.39, 0.29) is 0 Å². The van der Waals surface area contributed by atoms with E-state index in [1.165, 1.54) is 16.8 Å². The monoisotopic (exact) mass is 247 g/mol. The Morgan fingerprint density at radius 1 is 0.947 bits per heavy atom. The minimum Gasteiger partial charge on any atom is -0.364 e. The first kappa shape index (κ1) is 11.8. The Hall–Kier alpha value is -2.28. The standard InChI is InChI=1S/C18H17N/c1-19-17(13-11-15-7-3-2-4-8-15)14-12-16-9-5-6-10-18(16)19/h2-14,17H,1H3/b13-11+. The zero-order valence-electron chi connectivity index (χ0n) is 11.0. The number of fused-ring (bicyclic) bond motifs is 1. The van der Waals surface area contributed by atoms with E-state index in [0.717, 1.165) is 0 Å². The highest BCUT2D eigenvalue weighted by atomic mass is 15.1. The van der Waals surface area contributed by atoms with Gasteiger partial charge < -0.3 is 4.90 Å². The molecule has 94 valence electrons. The minimum atomic E-state index is 0.315. The molecule has 1 nitrogen and oxygen atoms in total. The van der Waals surface area contributed by atoms with E-state index >= 15 is 0 Å². The van der Waals surface area contributed by atoms with Gasteiger partial charge in [0.05, 0.1) is 6.04 Å². The molecule has 0 saturated heterocycles. The maximum Gasteiger partial charge on any atom is 0.0660 e. The molecule has 0 bridgehead atoms. The number of hydrogen-bond acceptors (Lipinski definition) is 1. The van der Waals surface area contributed by atoms with Crippen molar-refractivity contribution >= 4 is 17.8 Å². The highest BCUT2D eigenvalue weighted by Gasteiger charge is 2.15. The number of likely N-dealkylation sites (N-methyl/N-ethyl adjacent to an activating group) is 1. The maximum atomic E-state index is 2.30. The summed E-state index contributed by atoms with van der Waals surface area (Å²) >= 11 is 0. The van der Waals surface area contributed by atoms with Gasteiger partial charge >= 0.3 is 0 Å². The van der Waals surface area contributed by atoms with Gasteiger partial charge in [-0.1, -0.05) is 72.8 Å². The van der Waals surface area contributed by atoms with Crippen LogP contribution in [-0.4, -0.2) is 13.1 Å². The van der Waals surface area contributed by atoms with Crippen LogP contribution in [0.2, 0.25) is 0 Å². The molecule has 1 heterocycles. The van der Waals surface area contributed by atoms with Crippen molar-refractivity contribution in [3.8, 4) is 0 Å². The van der Waals surface area contributed by atoms with Gasteiger partial charge in [-0.25, -0.2) is 0 Å². The van der Waals surface area contributed by atoms with E-state index in [1.54, 1.807) is 0 Å². The van der Waals surface area contributed by atoms with Crippen molar-refractivity contribution < 1.29 is 0 Å². The molecular formula is C18H17N. The summed E-state index contributed by atoms with van der Waals surface area (Å²) in [5, 5.41) is 0. The Kier molecular flexibility index (Phi) is 3.20. The second-order valence-corrected chi connectivity index (χ2v) is 4.79. The molecule has 0 radical (unpaired) electrons. The summed E-state index contributed by atoms with van der Waals surface area (Å²) in [5.74, 6) is 0. The third-order valence-electron chi connectivity index (χ3n) is 3.52. The molecule has 1 atom stereocenters. The van der Waals surface area contributed by atoms with Gasteiger partial charge in [-0.3, -0.25) is 0 Å². The largest absolute Gasteiger partial charge is 0.364 e. The fourth-order valence-corrected chi connectivity index (χ4v) is 2.41. The number of para-hydroxylation sites is 1. The molecule has 0 spiro atoms. The van der Waals surface area contributed by atoms with Gasteiger partial charge in [-0.2, -0.15) is 0 Å². The Morgan fingerprint density at radius 3 is 2.53 bits per heavy atom. The molecule has 0 fully saturated rings. The van der Waals surface area contributed by atoms with Crippen LogP contribution in [0.4, 0.5) is 5.69 Å². The molecule has 1 aliphatic rings. The van der Waals surface area contributed by atoms with Crippen LogP contribution >= 0.6 is 0 Å². The lowest BCUT2D eigenvalue weighted by Crippen LogP contribution is -2.30. The highest BCUT2D eigenvalue weighted by molar-refractivity contribution is 5.73. The molecule has 3 rings (SSSR count). The van der Waals surface area contributed by atoms with E-state index in [2.05, 4.69) is 84.8 Å². The fraction of sp³-hybridized carbons (Fsp3) is 0.111. The first-order chi connectivity index (χ1) is 9.34. The third kappa shape index (κ3) is 2.45. The van der Waals surface area contributed by atoms with Crippen molar-refractivity contribution in [2.75, 3.05) is 11.9 Å². The number of nitrogens with zero attached hydrogens (tertiary/aromatic N) is 1. The molecule has 1 aliphatic heterocycles. The molecule has 0 saturated carbocycles. The molecule has 0 amide bonds. The van der Waals surface area contributed by atoms with Gasteiger partial charge in [-0.15, -0.1) is 0 Å². The van der Waals surface area contributed by atoms with Crippen LogP contribution < -0.4 is 4.90 Å².